The zero-order valence-corrected chi connectivity index (χ0v) is 38.6. The molecule has 344 valence electrons. The van der Waals surface area contributed by atoms with Gasteiger partial charge in [0.1, 0.15) is 30.3 Å². The third-order valence-electron chi connectivity index (χ3n) is 14.4. The molecule has 1 aromatic heterocycles. The number of fused-ring (bicyclic) bond motifs is 6. The van der Waals surface area contributed by atoms with Crippen LogP contribution in [0.15, 0.2) is 53.7 Å². The topological polar surface area (TPSA) is 177 Å². The Bertz CT molecular complexity index is 2540. The highest BCUT2D eigenvalue weighted by Crippen LogP contribution is 2.45. The molecule has 1 unspecified atom stereocenters. The first-order valence-corrected chi connectivity index (χ1v) is 23.2. The first-order chi connectivity index (χ1) is 31.2. The summed E-state index contributed by atoms with van der Waals surface area (Å²) in [5.41, 5.74) is 7.99. The van der Waals surface area contributed by atoms with Crippen molar-refractivity contribution in [2.75, 3.05) is 14.2 Å². The van der Waals surface area contributed by atoms with Crippen molar-refractivity contribution in [2.45, 2.75) is 142 Å². The molecule has 0 spiro atoms. The molecule has 3 N–H and O–H groups in total. The number of aromatic nitrogens is 2. The quantitative estimate of drug-likeness (QED) is 0.150. The van der Waals surface area contributed by atoms with Gasteiger partial charge in [-0.15, -0.1) is 0 Å². The Hall–Kier alpha value is -5.96. The molecular weight excluding hydrogens is 827 g/mol. The molecule has 15 heteroatoms. The normalized spacial score (nSPS) is 25.6. The van der Waals surface area contributed by atoms with Gasteiger partial charge in [-0.05, 0) is 135 Å². The number of alkyl carbamates (subject to hydrolysis) is 2. The fourth-order valence-corrected chi connectivity index (χ4v) is 11.2. The number of carbonyl (C=O) groups is 4. The number of nitrogens with one attached hydrogen (secondary N) is 3. The summed E-state index contributed by atoms with van der Waals surface area (Å²) in [6.45, 7) is 12.4. The molecule has 3 aromatic carbocycles. The van der Waals surface area contributed by atoms with Crippen LogP contribution < -0.4 is 15.4 Å². The van der Waals surface area contributed by atoms with Crippen LogP contribution in [0.4, 0.5) is 15.3 Å². The fourth-order valence-electron chi connectivity index (χ4n) is 11.2. The molecular formula is C50H61N7O8. The lowest BCUT2D eigenvalue weighted by atomic mass is 9.85. The van der Waals surface area contributed by atoms with E-state index in [1.54, 1.807) is 0 Å². The van der Waals surface area contributed by atoms with Gasteiger partial charge in [0.05, 0.1) is 56.1 Å². The Morgan fingerprint density at radius 3 is 2.22 bits per heavy atom. The minimum absolute atomic E-state index is 0.0108. The van der Waals surface area contributed by atoms with E-state index < -0.39 is 24.3 Å². The second-order valence-electron chi connectivity index (χ2n) is 19.1. The Balaban J connectivity index is 0.932. The lowest BCUT2D eigenvalue weighted by Crippen LogP contribution is -2.55. The fraction of sp³-hybridized carbons (Fsp3) is 0.520. The lowest BCUT2D eigenvalue weighted by Gasteiger charge is -2.39. The Kier molecular flexibility index (Phi) is 12.1. The lowest BCUT2D eigenvalue weighted by molar-refractivity contribution is -0.140. The summed E-state index contributed by atoms with van der Waals surface area (Å²) in [5, 5.41) is 7.81. The summed E-state index contributed by atoms with van der Waals surface area (Å²) < 4.78 is 22.3. The Morgan fingerprint density at radius 2 is 1.51 bits per heavy atom. The maximum Gasteiger partial charge on any atom is 0.407 e. The van der Waals surface area contributed by atoms with E-state index in [1.807, 2.05) is 43.7 Å². The van der Waals surface area contributed by atoms with Crippen LogP contribution in [0.2, 0.25) is 0 Å². The molecule has 15 nitrogen and oxygen atoms in total. The Labute approximate surface area is 380 Å². The number of aliphatic imine (C=N–C) groups is 1. The number of nitrogens with zero attached hydrogens (tertiary/aromatic N) is 4. The van der Waals surface area contributed by atoms with E-state index in [2.05, 4.69) is 71.9 Å². The van der Waals surface area contributed by atoms with E-state index in [-0.39, 0.29) is 60.0 Å². The van der Waals surface area contributed by atoms with Crippen molar-refractivity contribution in [1.82, 2.24) is 30.4 Å². The molecule has 4 aromatic rings. The Morgan fingerprint density at radius 1 is 0.815 bits per heavy atom. The predicted octanol–water partition coefficient (Wildman–Crippen LogP) is 8.16. The van der Waals surface area contributed by atoms with Crippen LogP contribution >= 0.6 is 0 Å². The molecule has 65 heavy (non-hydrogen) atoms. The van der Waals surface area contributed by atoms with Gasteiger partial charge in [0.25, 0.3) is 0 Å². The van der Waals surface area contributed by atoms with Crippen LogP contribution in [0, 0.1) is 11.8 Å². The van der Waals surface area contributed by atoms with Gasteiger partial charge in [-0.3, -0.25) is 14.6 Å². The van der Waals surface area contributed by atoms with Crippen molar-refractivity contribution in [1.29, 1.82) is 0 Å². The molecule has 0 saturated carbocycles. The second-order valence-corrected chi connectivity index (χ2v) is 19.1. The van der Waals surface area contributed by atoms with E-state index in [1.165, 1.54) is 14.2 Å². The SMILES string of the molecule is COC(=O)N[C@H](C(=O)N1[C@@H](C)CC[C@H]1C1=Nc2ccc3cc4c(cc3c2C1)OCc1cc(-c2cnc([C@@H]3CC[C@H](C)N3C(=O)[C@H](NC(=O)OC)C3C[C@@H](C)O[C@@H](C)C3)[nH]2)ccc1-4)C(C)C. The molecule has 0 radical (unpaired) electrons. The zero-order chi connectivity index (χ0) is 45.8. The van der Waals surface area contributed by atoms with Crippen LogP contribution in [0.25, 0.3) is 33.2 Å². The third-order valence-corrected chi connectivity index (χ3v) is 14.4. The van der Waals surface area contributed by atoms with Crippen molar-refractivity contribution in [2.24, 2.45) is 16.8 Å². The van der Waals surface area contributed by atoms with Crippen LogP contribution in [-0.4, -0.2) is 106 Å². The van der Waals surface area contributed by atoms with Gasteiger partial charge in [-0.25, -0.2) is 14.6 Å². The van der Waals surface area contributed by atoms with Gasteiger partial charge < -0.3 is 44.4 Å². The number of aromatic amines is 1. The summed E-state index contributed by atoms with van der Waals surface area (Å²) in [4.78, 5) is 70.6. The highest BCUT2D eigenvalue weighted by molar-refractivity contribution is 6.06. The molecule has 5 aliphatic rings. The van der Waals surface area contributed by atoms with E-state index in [0.29, 0.717) is 31.7 Å². The van der Waals surface area contributed by atoms with E-state index >= 15 is 0 Å². The van der Waals surface area contributed by atoms with Crippen molar-refractivity contribution in [3.05, 3.63) is 65.6 Å². The van der Waals surface area contributed by atoms with E-state index in [9.17, 15) is 19.2 Å². The molecule has 9 atom stereocenters. The molecule has 0 bridgehead atoms. The molecule has 3 saturated heterocycles. The number of carbonyl (C=O) groups excluding carboxylic acids is 4. The minimum atomic E-state index is -0.743. The number of rotatable bonds is 9. The average molecular weight is 888 g/mol. The second kappa shape index (κ2) is 17.8. The zero-order valence-electron chi connectivity index (χ0n) is 38.6. The summed E-state index contributed by atoms with van der Waals surface area (Å²) >= 11 is 0. The minimum Gasteiger partial charge on any atom is -0.488 e. The number of amides is 4. The number of benzene rings is 3. The van der Waals surface area contributed by atoms with E-state index in [0.717, 1.165) is 87.1 Å². The number of methoxy groups -OCH3 is 2. The molecule has 4 amide bonds. The number of likely N-dealkylation sites (tertiary alicyclic amines) is 2. The van der Waals surface area contributed by atoms with Gasteiger partial charge in [-0.1, -0.05) is 32.0 Å². The molecule has 3 fully saturated rings. The smallest absolute Gasteiger partial charge is 0.407 e. The largest absolute Gasteiger partial charge is 0.488 e. The number of ether oxygens (including phenoxy) is 4. The van der Waals surface area contributed by atoms with Crippen molar-refractivity contribution in [3.8, 4) is 28.1 Å². The van der Waals surface area contributed by atoms with Gasteiger partial charge in [0.2, 0.25) is 11.8 Å². The standard InChI is InChI=1S/C50H61N7O8/c1-25(2)44(54-49(60)62-7)47(58)56-26(3)9-15-41(56)39-21-36-35-22-43-37(20-30(35)12-14-38(36)52-39)34-13-11-31(19-33(34)24-64-43)40-23-51-46(53-40)42-16-10-27(4)57(42)48(59)45(55-50(61)63-8)32-17-28(5)65-29(6)18-32/h11-14,19-20,22-23,25-29,32,41-42,44-45H,9-10,15-18,21,24H2,1-8H3,(H,51,53)(H,54,60)(H,55,61)/t26-,27-,28-,29+,32?,41-,42-,44-,45+/m0/s1. The van der Waals surface area contributed by atoms with E-state index in [4.69, 9.17) is 28.9 Å². The monoisotopic (exact) mass is 887 g/mol. The molecule has 5 aliphatic heterocycles. The highest BCUT2D eigenvalue weighted by Gasteiger charge is 2.45. The summed E-state index contributed by atoms with van der Waals surface area (Å²) in [6.07, 6.45) is 5.70. The third kappa shape index (κ3) is 8.32. The van der Waals surface area contributed by atoms with Crippen molar-refractivity contribution in [3.63, 3.8) is 0 Å². The predicted molar refractivity (Wildman–Crippen MR) is 246 cm³/mol. The maximum atomic E-state index is 14.5. The number of hydrogen-bond donors (Lipinski definition) is 3. The van der Waals surface area contributed by atoms with Crippen molar-refractivity contribution >= 4 is 46.2 Å². The maximum absolute atomic E-state index is 14.5. The number of imidazole rings is 1. The van der Waals surface area contributed by atoms with Gasteiger partial charge in [0, 0.05) is 29.8 Å². The first-order valence-electron chi connectivity index (χ1n) is 23.2. The van der Waals surface area contributed by atoms with Crippen LogP contribution in [0.5, 0.6) is 5.75 Å². The van der Waals surface area contributed by atoms with Crippen LogP contribution in [0.3, 0.4) is 0 Å². The average Bonchev–Trinajstić information content (AvgIpc) is 4.11. The highest BCUT2D eigenvalue weighted by atomic mass is 16.5. The summed E-state index contributed by atoms with van der Waals surface area (Å²) in [6, 6.07) is 13.0. The summed E-state index contributed by atoms with van der Waals surface area (Å²) in [7, 11) is 2.62. The first kappa shape index (κ1) is 44.3. The van der Waals surface area contributed by atoms with Crippen LogP contribution in [-0.2, 0) is 36.8 Å². The molecule has 6 heterocycles. The van der Waals surface area contributed by atoms with Gasteiger partial charge in [0.15, 0.2) is 0 Å². The van der Waals surface area contributed by atoms with Gasteiger partial charge >= 0.3 is 12.2 Å². The molecule has 9 rings (SSSR count). The summed E-state index contributed by atoms with van der Waals surface area (Å²) in [5.74, 6) is 1.08. The van der Waals surface area contributed by atoms with Crippen molar-refractivity contribution < 1.29 is 38.1 Å². The van der Waals surface area contributed by atoms with Gasteiger partial charge in [-0.2, -0.15) is 0 Å². The molecule has 0 aliphatic carbocycles. The number of H-pyrrole nitrogens is 1. The number of hydrogen-bond acceptors (Lipinski definition) is 10. The van der Waals surface area contributed by atoms with Crippen LogP contribution in [0.1, 0.15) is 103 Å².